The molecule has 1 aromatic carbocycles. The van der Waals surface area contributed by atoms with Crippen molar-refractivity contribution in [1.82, 2.24) is 9.80 Å². The van der Waals surface area contributed by atoms with Crippen LogP contribution in [0.25, 0.3) is 0 Å². The van der Waals surface area contributed by atoms with Crippen LogP contribution in [0.3, 0.4) is 0 Å². The number of rotatable bonds is 2. The Kier molecular flexibility index (Phi) is 5.25. The summed E-state index contributed by atoms with van der Waals surface area (Å²) in [6.45, 7) is 3.84. The van der Waals surface area contributed by atoms with Crippen molar-refractivity contribution in [1.29, 1.82) is 0 Å². The van der Waals surface area contributed by atoms with Gasteiger partial charge in [0.1, 0.15) is 0 Å². The third kappa shape index (κ3) is 3.71. The highest BCUT2D eigenvalue weighted by molar-refractivity contribution is 14.1. The number of amides is 1. The molecule has 1 heterocycles. The number of piperazine rings is 1. The van der Waals surface area contributed by atoms with Gasteiger partial charge in [0.15, 0.2) is 0 Å². The zero-order chi connectivity index (χ0) is 13.8. The fourth-order valence-corrected chi connectivity index (χ4v) is 3.00. The molecule has 0 aliphatic carbocycles. The Balaban J connectivity index is 2.05. The summed E-state index contributed by atoms with van der Waals surface area (Å²) in [6.07, 6.45) is 5.30. The molecule has 3 nitrogen and oxygen atoms in total. The highest BCUT2D eigenvalue weighted by atomic mass is 127. The van der Waals surface area contributed by atoms with E-state index in [9.17, 15) is 4.79 Å². The van der Waals surface area contributed by atoms with Crippen molar-refractivity contribution in [3.05, 3.63) is 31.8 Å². The van der Waals surface area contributed by atoms with Gasteiger partial charge in [-0.3, -0.25) is 9.69 Å². The van der Waals surface area contributed by atoms with Crippen molar-refractivity contribution < 1.29 is 4.79 Å². The molecule has 0 unspecified atom stereocenters. The Labute approximate surface area is 135 Å². The maximum Gasteiger partial charge on any atom is 0.255 e. The molecule has 0 bridgehead atoms. The molecular weight excluding hydrogens is 419 g/mol. The van der Waals surface area contributed by atoms with Gasteiger partial charge in [-0.05, 0) is 40.8 Å². The lowest BCUT2D eigenvalue weighted by Crippen LogP contribution is -2.48. The summed E-state index contributed by atoms with van der Waals surface area (Å²) in [7, 11) is 0. The molecule has 5 heteroatoms. The minimum Gasteiger partial charge on any atom is -0.336 e. The topological polar surface area (TPSA) is 23.6 Å². The first-order valence-electron chi connectivity index (χ1n) is 6.02. The van der Waals surface area contributed by atoms with Gasteiger partial charge in [-0.1, -0.05) is 21.9 Å². The molecule has 2 rings (SSSR count). The number of benzene rings is 1. The second-order valence-electron chi connectivity index (χ2n) is 4.40. The molecule has 0 radical (unpaired) electrons. The smallest absolute Gasteiger partial charge is 0.255 e. The average molecular weight is 433 g/mol. The van der Waals surface area contributed by atoms with E-state index in [1.807, 2.05) is 23.1 Å². The maximum atomic E-state index is 12.5. The van der Waals surface area contributed by atoms with Gasteiger partial charge in [0, 0.05) is 34.2 Å². The predicted octanol–water partition coefficient (Wildman–Crippen LogP) is 2.44. The first-order valence-corrected chi connectivity index (χ1v) is 7.89. The molecule has 0 aromatic heterocycles. The van der Waals surface area contributed by atoms with Crippen LogP contribution in [0.5, 0.6) is 0 Å². The van der Waals surface area contributed by atoms with E-state index >= 15 is 0 Å². The normalized spacial score (nSPS) is 16.2. The Morgan fingerprint density at radius 1 is 1.37 bits per heavy atom. The molecule has 1 aliphatic heterocycles. The molecule has 100 valence electrons. The Bertz CT molecular complexity index is 519. The van der Waals surface area contributed by atoms with Crippen molar-refractivity contribution in [2.24, 2.45) is 0 Å². The highest BCUT2D eigenvalue weighted by Crippen LogP contribution is 2.20. The first-order chi connectivity index (χ1) is 9.11. The minimum absolute atomic E-state index is 0.103. The summed E-state index contributed by atoms with van der Waals surface area (Å²) in [6, 6.07) is 5.79. The van der Waals surface area contributed by atoms with E-state index < -0.39 is 0 Å². The van der Waals surface area contributed by atoms with Crippen LogP contribution in [-0.4, -0.2) is 48.4 Å². The molecule has 0 N–H and O–H groups in total. The van der Waals surface area contributed by atoms with Gasteiger partial charge >= 0.3 is 0 Å². The predicted molar refractivity (Wildman–Crippen MR) is 88.0 cm³/mol. The molecular formula is C14H14BrIN2O. The summed E-state index contributed by atoms with van der Waals surface area (Å²) in [5, 5.41) is 0. The van der Waals surface area contributed by atoms with Crippen molar-refractivity contribution in [3.63, 3.8) is 0 Å². The fourth-order valence-electron chi connectivity index (χ4n) is 2.07. The van der Waals surface area contributed by atoms with Crippen LogP contribution in [0, 0.1) is 15.9 Å². The van der Waals surface area contributed by atoms with Crippen molar-refractivity contribution in [3.8, 4) is 12.3 Å². The molecule has 1 aromatic rings. The number of halogens is 2. The van der Waals surface area contributed by atoms with Crippen LogP contribution in [0.1, 0.15) is 10.4 Å². The summed E-state index contributed by atoms with van der Waals surface area (Å²) >= 11 is 5.61. The standard InChI is InChI=1S/C14H14BrIN2O/c1-2-5-17-6-8-18(9-7-17)14(19)12-10-11(15)3-4-13(12)16/h1,3-4,10H,5-9H2. The second-order valence-corrected chi connectivity index (χ2v) is 6.47. The quantitative estimate of drug-likeness (QED) is 0.529. The zero-order valence-corrected chi connectivity index (χ0v) is 14.1. The lowest BCUT2D eigenvalue weighted by molar-refractivity contribution is 0.0651. The third-order valence-corrected chi connectivity index (χ3v) is 4.57. The van der Waals surface area contributed by atoms with Gasteiger partial charge in [0.2, 0.25) is 0 Å². The summed E-state index contributed by atoms with van der Waals surface area (Å²) in [5.74, 6) is 2.75. The SMILES string of the molecule is C#CCN1CCN(C(=O)c2cc(Br)ccc2I)CC1. The molecule has 1 saturated heterocycles. The Hall–Kier alpha value is -0.580. The van der Waals surface area contributed by atoms with E-state index in [2.05, 4.69) is 49.3 Å². The van der Waals surface area contributed by atoms with Gasteiger partial charge in [-0.25, -0.2) is 0 Å². The number of carbonyl (C=O) groups excluding carboxylic acids is 1. The molecule has 1 fully saturated rings. The Morgan fingerprint density at radius 2 is 2.05 bits per heavy atom. The van der Waals surface area contributed by atoms with Crippen molar-refractivity contribution in [2.45, 2.75) is 0 Å². The van der Waals surface area contributed by atoms with E-state index in [0.717, 1.165) is 39.8 Å². The van der Waals surface area contributed by atoms with E-state index in [4.69, 9.17) is 6.42 Å². The highest BCUT2D eigenvalue weighted by Gasteiger charge is 2.23. The molecule has 0 atom stereocenters. The first kappa shape index (κ1) is 14.8. The van der Waals surface area contributed by atoms with Crippen molar-refractivity contribution in [2.75, 3.05) is 32.7 Å². The van der Waals surface area contributed by atoms with Gasteiger partial charge in [0.25, 0.3) is 5.91 Å². The van der Waals surface area contributed by atoms with E-state index in [1.54, 1.807) is 0 Å². The van der Waals surface area contributed by atoms with Gasteiger partial charge in [0.05, 0.1) is 12.1 Å². The second kappa shape index (κ2) is 6.73. The summed E-state index contributed by atoms with van der Waals surface area (Å²) in [5.41, 5.74) is 0.764. The van der Waals surface area contributed by atoms with E-state index in [-0.39, 0.29) is 5.91 Å². The van der Waals surface area contributed by atoms with Crippen LogP contribution in [0.4, 0.5) is 0 Å². The van der Waals surface area contributed by atoms with Crippen LogP contribution in [0.2, 0.25) is 0 Å². The van der Waals surface area contributed by atoms with Gasteiger partial charge in [-0.15, -0.1) is 6.42 Å². The van der Waals surface area contributed by atoms with Crippen LogP contribution >= 0.6 is 38.5 Å². The summed E-state index contributed by atoms with van der Waals surface area (Å²) in [4.78, 5) is 16.6. The maximum absolute atomic E-state index is 12.5. The van der Waals surface area contributed by atoms with Crippen LogP contribution in [0.15, 0.2) is 22.7 Å². The van der Waals surface area contributed by atoms with Gasteiger partial charge in [-0.2, -0.15) is 0 Å². The van der Waals surface area contributed by atoms with Crippen LogP contribution in [-0.2, 0) is 0 Å². The number of hydrogen-bond donors (Lipinski definition) is 0. The molecule has 0 saturated carbocycles. The fraction of sp³-hybridized carbons (Fsp3) is 0.357. The van der Waals surface area contributed by atoms with E-state index in [0.29, 0.717) is 6.54 Å². The number of nitrogens with zero attached hydrogens (tertiary/aromatic N) is 2. The van der Waals surface area contributed by atoms with Gasteiger partial charge < -0.3 is 4.90 Å². The van der Waals surface area contributed by atoms with Crippen LogP contribution < -0.4 is 0 Å². The largest absolute Gasteiger partial charge is 0.336 e. The lowest BCUT2D eigenvalue weighted by atomic mass is 10.2. The number of terminal acetylenes is 1. The Morgan fingerprint density at radius 3 is 2.68 bits per heavy atom. The minimum atomic E-state index is 0.103. The number of carbonyl (C=O) groups is 1. The average Bonchev–Trinajstić information content (AvgIpc) is 2.42. The zero-order valence-electron chi connectivity index (χ0n) is 10.4. The molecule has 1 aliphatic rings. The monoisotopic (exact) mass is 432 g/mol. The van der Waals surface area contributed by atoms with E-state index in [1.165, 1.54) is 0 Å². The molecule has 19 heavy (non-hydrogen) atoms. The van der Waals surface area contributed by atoms with Crippen molar-refractivity contribution >= 4 is 44.4 Å². The molecule has 1 amide bonds. The third-order valence-electron chi connectivity index (χ3n) is 3.13. The number of hydrogen-bond acceptors (Lipinski definition) is 2. The lowest BCUT2D eigenvalue weighted by Gasteiger charge is -2.33. The molecule has 0 spiro atoms. The summed E-state index contributed by atoms with van der Waals surface area (Å²) < 4.78 is 1.92.